The van der Waals surface area contributed by atoms with E-state index >= 15 is 0 Å². The average Bonchev–Trinajstić information content (AvgIpc) is 2.50. The summed E-state index contributed by atoms with van der Waals surface area (Å²) in [5.74, 6) is 0. The molecule has 74 valence electrons. The fourth-order valence-electron chi connectivity index (χ4n) is 2.24. The summed E-state index contributed by atoms with van der Waals surface area (Å²) in [6.45, 7) is 3.89. The Labute approximate surface area is 79.1 Å². The standard InChI is InChI=1S/C9H17N3O/c1-12(8-5-10-9(12)13)11-6-3-2-4-7-11/h2-8H2,1H3/p+1. The lowest BCUT2D eigenvalue weighted by molar-refractivity contribution is -0.942. The summed E-state index contributed by atoms with van der Waals surface area (Å²) in [4.78, 5) is 11.6. The molecule has 0 aromatic heterocycles. The molecule has 1 unspecified atom stereocenters. The summed E-state index contributed by atoms with van der Waals surface area (Å²) >= 11 is 0. The van der Waals surface area contributed by atoms with Crippen LogP contribution in [0.25, 0.3) is 0 Å². The molecule has 1 N–H and O–H groups in total. The van der Waals surface area contributed by atoms with Crippen molar-refractivity contribution in [3.63, 3.8) is 0 Å². The molecule has 2 rings (SSSR count). The van der Waals surface area contributed by atoms with E-state index < -0.39 is 0 Å². The number of amides is 2. The number of likely N-dealkylation sites (N-methyl/N-ethyl adjacent to an activating group) is 1. The molecule has 2 saturated heterocycles. The largest absolute Gasteiger partial charge is 0.436 e. The first kappa shape index (κ1) is 8.97. The van der Waals surface area contributed by atoms with Crippen molar-refractivity contribution < 1.29 is 9.39 Å². The van der Waals surface area contributed by atoms with Crippen molar-refractivity contribution in [2.45, 2.75) is 19.3 Å². The molecule has 2 fully saturated rings. The third-order valence-electron chi connectivity index (χ3n) is 3.22. The lowest BCUT2D eigenvalue weighted by Crippen LogP contribution is -2.60. The molecular formula is C9H18N3O+. The Bertz CT molecular complexity index is 213. The van der Waals surface area contributed by atoms with Gasteiger partial charge in [0.05, 0.1) is 13.6 Å². The van der Waals surface area contributed by atoms with E-state index in [-0.39, 0.29) is 6.03 Å². The Morgan fingerprint density at radius 3 is 2.54 bits per heavy atom. The zero-order valence-corrected chi connectivity index (χ0v) is 8.25. The summed E-state index contributed by atoms with van der Waals surface area (Å²) in [5, 5.41) is 5.20. The molecule has 0 saturated carbocycles. The maximum atomic E-state index is 11.6. The third kappa shape index (κ3) is 1.44. The quantitative estimate of drug-likeness (QED) is 0.604. The highest BCUT2D eigenvalue weighted by Gasteiger charge is 2.43. The van der Waals surface area contributed by atoms with Crippen molar-refractivity contribution in [2.24, 2.45) is 0 Å². The van der Waals surface area contributed by atoms with E-state index in [1.807, 2.05) is 7.05 Å². The summed E-state index contributed by atoms with van der Waals surface area (Å²) in [7, 11) is 2.02. The molecule has 13 heavy (non-hydrogen) atoms. The van der Waals surface area contributed by atoms with E-state index in [0.29, 0.717) is 4.59 Å². The Hall–Kier alpha value is -0.610. The van der Waals surface area contributed by atoms with E-state index in [2.05, 4.69) is 10.3 Å². The van der Waals surface area contributed by atoms with Crippen LogP contribution in [-0.4, -0.2) is 48.9 Å². The van der Waals surface area contributed by atoms with Gasteiger partial charge in [0.2, 0.25) is 0 Å². The number of hydrogen-bond donors (Lipinski definition) is 1. The van der Waals surface area contributed by atoms with Crippen LogP contribution >= 0.6 is 0 Å². The number of quaternary nitrogens is 1. The smallest absolute Gasteiger partial charge is 0.298 e. The highest BCUT2D eigenvalue weighted by molar-refractivity contribution is 5.67. The van der Waals surface area contributed by atoms with Crippen LogP contribution in [-0.2, 0) is 0 Å². The summed E-state index contributed by atoms with van der Waals surface area (Å²) in [6.07, 6.45) is 3.79. The first-order chi connectivity index (χ1) is 6.23. The zero-order valence-electron chi connectivity index (χ0n) is 8.25. The molecule has 1 atom stereocenters. The second-order valence-electron chi connectivity index (χ2n) is 4.11. The third-order valence-corrected chi connectivity index (χ3v) is 3.22. The molecule has 0 aliphatic carbocycles. The van der Waals surface area contributed by atoms with Crippen LogP contribution in [0, 0.1) is 0 Å². The molecule has 2 aliphatic rings. The van der Waals surface area contributed by atoms with Crippen LogP contribution in [0.3, 0.4) is 0 Å². The minimum atomic E-state index is 0.168. The van der Waals surface area contributed by atoms with Gasteiger partial charge in [-0.05, 0) is 12.8 Å². The fourth-order valence-corrected chi connectivity index (χ4v) is 2.24. The highest BCUT2D eigenvalue weighted by atomic mass is 16.2. The lowest BCUT2D eigenvalue weighted by atomic mass is 10.1. The number of hydrogen-bond acceptors (Lipinski definition) is 2. The molecule has 0 spiro atoms. The zero-order chi connectivity index (χ0) is 9.31. The molecule has 2 amide bonds. The van der Waals surface area contributed by atoms with Gasteiger partial charge in [0, 0.05) is 13.1 Å². The Morgan fingerprint density at radius 2 is 2.00 bits per heavy atom. The van der Waals surface area contributed by atoms with Gasteiger partial charge in [0.1, 0.15) is 6.54 Å². The molecule has 2 aliphatic heterocycles. The van der Waals surface area contributed by atoms with Crippen LogP contribution in [0.1, 0.15) is 19.3 Å². The van der Waals surface area contributed by atoms with Crippen molar-refractivity contribution in [1.29, 1.82) is 0 Å². The fraction of sp³-hybridized carbons (Fsp3) is 0.889. The first-order valence-electron chi connectivity index (χ1n) is 5.13. The number of piperidine rings is 1. The number of rotatable bonds is 1. The normalized spacial score (nSPS) is 36.2. The molecule has 0 aromatic carbocycles. The summed E-state index contributed by atoms with van der Waals surface area (Å²) < 4.78 is 0.486. The molecule has 2 heterocycles. The second-order valence-corrected chi connectivity index (χ2v) is 4.11. The molecule has 0 radical (unpaired) electrons. The van der Waals surface area contributed by atoms with Gasteiger partial charge in [-0.2, -0.15) is 4.59 Å². The summed E-state index contributed by atoms with van der Waals surface area (Å²) in [5.41, 5.74) is 0. The molecule has 4 nitrogen and oxygen atoms in total. The minimum absolute atomic E-state index is 0.168. The topological polar surface area (TPSA) is 32.3 Å². The number of carbonyl (C=O) groups excluding carboxylic acids is 1. The molecular weight excluding hydrogens is 166 g/mol. The van der Waals surface area contributed by atoms with Gasteiger partial charge < -0.3 is 0 Å². The van der Waals surface area contributed by atoms with Crippen LogP contribution < -0.4 is 5.32 Å². The highest BCUT2D eigenvalue weighted by Crippen LogP contribution is 2.19. The van der Waals surface area contributed by atoms with Crippen molar-refractivity contribution in [1.82, 2.24) is 10.3 Å². The number of nitrogens with one attached hydrogen (secondary N) is 1. The van der Waals surface area contributed by atoms with Crippen LogP contribution in [0.5, 0.6) is 0 Å². The lowest BCUT2D eigenvalue weighted by Gasteiger charge is -2.38. The monoisotopic (exact) mass is 184 g/mol. The van der Waals surface area contributed by atoms with Crippen molar-refractivity contribution >= 4 is 6.03 Å². The average molecular weight is 184 g/mol. The van der Waals surface area contributed by atoms with Gasteiger partial charge in [-0.3, -0.25) is 5.32 Å². The Balaban J connectivity index is 2.08. The van der Waals surface area contributed by atoms with E-state index in [1.165, 1.54) is 19.3 Å². The molecule has 4 heteroatoms. The molecule has 0 bridgehead atoms. The van der Waals surface area contributed by atoms with E-state index in [0.717, 1.165) is 26.2 Å². The minimum Gasteiger partial charge on any atom is -0.298 e. The van der Waals surface area contributed by atoms with Gasteiger partial charge in [0.25, 0.3) is 0 Å². The predicted octanol–water partition coefficient (Wildman–Crippen LogP) is 0.557. The van der Waals surface area contributed by atoms with Crippen LogP contribution in [0.2, 0.25) is 0 Å². The van der Waals surface area contributed by atoms with Crippen molar-refractivity contribution in [2.75, 3.05) is 33.2 Å². The Morgan fingerprint density at radius 1 is 1.31 bits per heavy atom. The van der Waals surface area contributed by atoms with Crippen molar-refractivity contribution in [3.8, 4) is 0 Å². The van der Waals surface area contributed by atoms with Gasteiger partial charge >= 0.3 is 6.03 Å². The maximum absolute atomic E-state index is 11.6. The van der Waals surface area contributed by atoms with Gasteiger partial charge in [-0.15, -0.1) is 5.01 Å². The maximum Gasteiger partial charge on any atom is 0.436 e. The Kier molecular flexibility index (Phi) is 2.26. The van der Waals surface area contributed by atoms with Gasteiger partial charge in [-0.25, -0.2) is 4.79 Å². The summed E-state index contributed by atoms with van der Waals surface area (Å²) in [6, 6.07) is 0.168. The van der Waals surface area contributed by atoms with E-state index in [9.17, 15) is 4.79 Å². The van der Waals surface area contributed by atoms with E-state index in [1.54, 1.807) is 0 Å². The van der Waals surface area contributed by atoms with Crippen molar-refractivity contribution in [3.05, 3.63) is 0 Å². The number of nitrogens with zero attached hydrogens (tertiary/aromatic N) is 2. The van der Waals surface area contributed by atoms with Crippen LogP contribution in [0.15, 0.2) is 0 Å². The van der Waals surface area contributed by atoms with E-state index in [4.69, 9.17) is 0 Å². The molecule has 0 aromatic rings. The SMILES string of the molecule is C[N+]1(N2CCCCC2)CCNC1=O. The van der Waals surface area contributed by atoms with Gasteiger partial charge in [-0.1, -0.05) is 6.42 Å². The number of urea groups is 1. The van der Waals surface area contributed by atoms with Gasteiger partial charge in [0.15, 0.2) is 0 Å². The first-order valence-corrected chi connectivity index (χ1v) is 5.13. The second kappa shape index (κ2) is 3.27. The van der Waals surface area contributed by atoms with Crippen LogP contribution in [0.4, 0.5) is 4.79 Å². The predicted molar refractivity (Wildman–Crippen MR) is 49.9 cm³/mol. The number of carbonyl (C=O) groups is 1.